The molecule has 0 atom stereocenters. The van der Waals surface area contributed by atoms with Crippen molar-refractivity contribution >= 4 is 17.2 Å². The number of rotatable bonds is 2. The maximum Gasteiger partial charge on any atom is 0.434 e. The van der Waals surface area contributed by atoms with Gasteiger partial charge in [0.1, 0.15) is 0 Å². The maximum absolute atomic E-state index is 12.6. The summed E-state index contributed by atoms with van der Waals surface area (Å²) in [5, 5.41) is 1.54. The minimum atomic E-state index is -4.41. The predicted molar refractivity (Wildman–Crippen MR) is 81.0 cm³/mol. The molecule has 2 aromatic rings. The molecule has 130 valence electrons. The van der Waals surface area contributed by atoms with Crippen molar-refractivity contribution < 1.29 is 22.4 Å². The number of oxazole rings is 1. The standard InChI is InChI=1S/C15H16F3N3O2S/c1-8-12(23-9(2)19-8)14(22)21-5-3-10(4-6-21)13-20-11(7-24-13)15(16,17)18/h7,10H,3-6H2,1-2H3. The number of halogens is 3. The Bertz CT molecular complexity index is 745. The Hall–Kier alpha value is -1.90. The molecule has 24 heavy (non-hydrogen) atoms. The summed E-state index contributed by atoms with van der Waals surface area (Å²) in [7, 11) is 0. The number of aryl methyl sites for hydroxylation is 2. The Morgan fingerprint density at radius 2 is 1.96 bits per heavy atom. The fourth-order valence-electron chi connectivity index (χ4n) is 2.81. The molecular weight excluding hydrogens is 343 g/mol. The third-order valence-corrected chi connectivity index (χ3v) is 5.05. The summed E-state index contributed by atoms with van der Waals surface area (Å²) < 4.78 is 43.3. The van der Waals surface area contributed by atoms with E-state index >= 15 is 0 Å². The van der Waals surface area contributed by atoms with Gasteiger partial charge in [0.05, 0.1) is 10.7 Å². The quantitative estimate of drug-likeness (QED) is 0.819. The molecule has 0 aromatic carbocycles. The number of hydrogen-bond donors (Lipinski definition) is 0. The second kappa shape index (κ2) is 6.19. The van der Waals surface area contributed by atoms with Crippen LogP contribution in [0.2, 0.25) is 0 Å². The normalized spacial score (nSPS) is 16.6. The molecule has 1 aliphatic heterocycles. The van der Waals surface area contributed by atoms with E-state index in [1.165, 1.54) is 0 Å². The van der Waals surface area contributed by atoms with Gasteiger partial charge in [0.15, 0.2) is 11.6 Å². The van der Waals surface area contributed by atoms with E-state index in [1.54, 1.807) is 18.7 Å². The number of carbonyl (C=O) groups is 1. The van der Waals surface area contributed by atoms with Crippen molar-refractivity contribution in [3.05, 3.63) is 33.4 Å². The lowest BCUT2D eigenvalue weighted by molar-refractivity contribution is -0.140. The molecule has 5 nitrogen and oxygen atoms in total. The number of likely N-dealkylation sites (tertiary alicyclic amines) is 1. The minimum absolute atomic E-state index is 0.0484. The first-order valence-corrected chi connectivity index (χ1v) is 8.39. The average molecular weight is 359 g/mol. The van der Waals surface area contributed by atoms with Gasteiger partial charge in [-0.25, -0.2) is 9.97 Å². The molecule has 0 bridgehead atoms. The van der Waals surface area contributed by atoms with Crippen molar-refractivity contribution in [2.45, 2.75) is 38.8 Å². The molecule has 0 aliphatic carbocycles. The molecule has 1 aliphatic rings. The highest BCUT2D eigenvalue weighted by atomic mass is 32.1. The Kier molecular flexibility index (Phi) is 4.37. The number of aromatic nitrogens is 2. The lowest BCUT2D eigenvalue weighted by Crippen LogP contribution is -2.38. The smallest absolute Gasteiger partial charge is 0.434 e. The summed E-state index contributed by atoms with van der Waals surface area (Å²) in [5.74, 6) is 0.405. The summed E-state index contributed by atoms with van der Waals surface area (Å²) in [5.41, 5.74) is -0.289. The van der Waals surface area contributed by atoms with Gasteiger partial charge in [-0.05, 0) is 19.8 Å². The van der Waals surface area contributed by atoms with E-state index < -0.39 is 11.9 Å². The number of alkyl halides is 3. The van der Waals surface area contributed by atoms with Gasteiger partial charge in [0.25, 0.3) is 5.91 Å². The molecule has 2 aromatic heterocycles. The number of thiazole rings is 1. The van der Waals surface area contributed by atoms with Crippen LogP contribution in [-0.2, 0) is 6.18 Å². The van der Waals surface area contributed by atoms with Crippen LogP contribution < -0.4 is 0 Å². The summed E-state index contributed by atoms with van der Waals surface area (Å²) in [4.78, 5) is 21.9. The van der Waals surface area contributed by atoms with Gasteiger partial charge < -0.3 is 9.32 Å². The summed E-state index contributed by atoms with van der Waals surface area (Å²) >= 11 is 1.03. The van der Waals surface area contributed by atoms with Crippen LogP contribution in [0.3, 0.4) is 0 Å². The molecule has 0 N–H and O–H groups in total. The third-order valence-electron chi connectivity index (χ3n) is 4.04. The van der Waals surface area contributed by atoms with Crippen LogP contribution in [0, 0.1) is 13.8 Å². The SMILES string of the molecule is Cc1nc(C)c(C(=O)N2CCC(c3nc(C(F)(F)F)cs3)CC2)o1. The molecule has 0 saturated carbocycles. The van der Waals surface area contributed by atoms with Crippen molar-refractivity contribution in [3.63, 3.8) is 0 Å². The fraction of sp³-hybridized carbons (Fsp3) is 0.533. The number of hydrogen-bond acceptors (Lipinski definition) is 5. The van der Waals surface area contributed by atoms with Gasteiger partial charge in [0.2, 0.25) is 5.76 Å². The van der Waals surface area contributed by atoms with Crippen LogP contribution in [0.5, 0.6) is 0 Å². The number of nitrogens with zero attached hydrogens (tertiary/aromatic N) is 3. The fourth-order valence-corrected chi connectivity index (χ4v) is 3.81. The van der Waals surface area contributed by atoms with Crippen molar-refractivity contribution in [1.29, 1.82) is 0 Å². The van der Waals surface area contributed by atoms with Crippen molar-refractivity contribution in [2.24, 2.45) is 0 Å². The first-order chi connectivity index (χ1) is 11.3. The number of piperidine rings is 1. The van der Waals surface area contributed by atoms with Gasteiger partial charge in [-0.15, -0.1) is 11.3 Å². The lowest BCUT2D eigenvalue weighted by atomic mass is 9.97. The van der Waals surface area contributed by atoms with Crippen LogP contribution >= 0.6 is 11.3 Å². The van der Waals surface area contributed by atoms with Crippen LogP contribution in [0.25, 0.3) is 0 Å². The van der Waals surface area contributed by atoms with Gasteiger partial charge >= 0.3 is 6.18 Å². The van der Waals surface area contributed by atoms with Crippen LogP contribution in [-0.4, -0.2) is 33.9 Å². The summed E-state index contributed by atoms with van der Waals surface area (Å²) in [6.45, 7) is 4.31. The molecule has 1 fully saturated rings. The van der Waals surface area contributed by atoms with E-state index in [0.29, 0.717) is 42.5 Å². The highest BCUT2D eigenvalue weighted by Gasteiger charge is 2.35. The van der Waals surface area contributed by atoms with Gasteiger partial charge in [-0.2, -0.15) is 13.2 Å². The molecule has 0 radical (unpaired) electrons. The second-order valence-corrected chi connectivity index (χ2v) is 6.67. The molecular formula is C15H16F3N3O2S. The van der Waals surface area contributed by atoms with E-state index in [-0.39, 0.29) is 17.6 Å². The highest BCUT2D eigenvalue weighted by molar-refractivity contribution is 7.09. The number of carbonyl (C=O) groups excluding carboxylic acids is 1. The van der Waals surface area contributed by atoms with E-state index in [2.05, 4.69) is 9.97 Å². The molecule has 0 spiro atoms. The Balaban J connectivity index is 1.64. The van der Waals surface area contributed by atoms with E-state index in [0.717, 1.165) is 16.7 Å². The Morgan fingerprint density at radius 3 is 2.46 bits per heavy atom. The van der Waals surface area contributed by atoms with E-state index in [4.69, 9.17) is 4.42 Å². The van der Waals surface area contributed by atoms with Crippen LogP contribution in [0.1, 0.15) is 51.6 Å². The first kappa shape index (κ1) is 16.9. The number of amides is 1. The van der Waals surface area contributed by atoms with Crippen molar-refractivity contribution in [3.8, 4) is 0 Å². The first-order valence-electron chi connectivity index (χ1n) is 7.51. The van der Waals surface area contributed by atoms with E-state index in [1.807, 2.05) is 0 Å². The van der Waals surface area contributed by atoms with Crippen LogP contribution in [0.15, 0.2) is 9.80 Å². The molecule has 1 saturated heterocycles. The topological polar surface area (TPSA) is 59.2 Å². The average Bonchev–Trinajstić information content (AvgIpc) is 3.13. The zero-order valence-corrected chi connectivity index (χ0v) is 14.0. The summed E-state index contributed by atoms with van der Waals surface area (Å²) in [6.07, 6.45) is -3.24. The Morgan fingerprint density at radius 1 is 1.29 bits per heavy atom. The van der Waals surface area contributed by atoms with E-state index in [9.17, 15) is 18.0 Å². The minimum Gasteiger partial charge on any atom is -0.436 e. The van der Waals surface area contributed by atoms with Crippen molar-refractivity contribution in [2.75, 3.05) is 13.1 Å². The molecule has 1 amide bonds. The molecule has 3 rings (SSSR count). The third kappa shape index (κ3) is 3.31. The van der Waals surface area contributed by atoms with Gasteiger partial charge in [0, 0.05) is 31.3 Å². The second-order valence-electron chi connectivity index (χ2n) is 5.78. The zero-order chi connectivity index (χ0) is 17.5. The highest BCUT2D eigenvalue weighted by Crippen LogP contribution is 2.35. The van der Waals surface area contributed by atoms with Gasteiger partial charge in [-0.1, -0.05) is 0 Å². The largest absolute Gasteiger partial charge is 0.436 e. The zero-order valence-electron chi connectivity index (χ0n) is 13.2. The van der Waals surface area contributed by atoms with Gasteiger partial charge in [-0.3, -0.25) is 4.79 Å². The van der Waals surface area contributed by atoms with Crippen molar-refractivity contribution in [1.82, 2.24) is 14.9 Å². The lowest BCUT2D eigenvalue weighted by Gasteiger charge is -2.30. The maximum atomic E-state index is 12.6. The summed E-state index contributed by atoms with van der Waals surface area (Å²) in [6, 6.07) is 0. The molecule has 0 unspecified atom stereocenters. The molecule has 9 heteroatoms. The molecule has 3 heterocycles. The Labute approximate surface area is 140 Å². The van der Waals surface area contributed by atoms with Crippen LogP contribution in [0.4, 0.5) is 13.2 Å². The predicted octanol–water partition coefficient (Wildman–Crippen LogP) is 3.79. The monoisotopic (exact) mass is 359 g/mol.